The number of ether oxygens (including phenoxy) is 4. The molecule has 3 rings (SSSR count). The molecule has 2 aromatic carbocycles. The lowest BCUT2D eigenvalue weighted by atomic mass is 9.83. The number of esters is 1. The molecule has 2 N–H and O–H groups in total. The first-order valence-electron chi connectivity index (χ1n) is 10.9. The number of carbonyl (C=O) groups is 1. The Kier molecular flexibility index (Phi) is 8.61. The third kappa shape index (κ3) is 5.52. The summed E-state index contributed by atoms with van der Waals surface area (Å²) in [4.78, 5) is 12.8. The van der Waals surface area contributed by atoms with Crippen LogP contribution in [0.2, 0.25) is 0 Å². The van der Waals surface area contributed by atoms with Crippen molar-refractivity contribution in [3.05, 3.63) is 79.4 Å². The van der Waals surface area contributed by atoms with Gasteiger partial charge < -0.3 is 24.7 Å². The number of allylic oxidation sites excluding steroid dienone is 2. The summed E-state index contributed by atoms with van der Waals surface area (Å²) in [7, 11) is 0. The van der Waals surface area contributed by atoms with E-state index in [1.165, 1.54) is 0 Å². The van der Waals surface area contributed by atoms with Crippen molar-refractivity contribution >= 4 is 28.6 Å². The minimum Gasteiger partial charge on any atom is -0.490 e. The van der Waals surface area contributed by atoms with E-state index >= 15 is 0 Å². The molecule has 180 valence electrons. The van der Waals surface area contributed by atoms with Crippen LogP contribution in [0.4, 0.5) is 0 Å². The summed E-state index contributed by atoms with van der Waals surface area (Å²) >= 11 is 2.12. The van der Waals surface area contributed by atoms with Gasteiger partial charge in [-0.3, -0.25) is 0 Å². The maximum atomic E-state index is 12.8. The molecular weight excluding hydrogens is 561 g/mol. The molecule has 9 heteroatoms. The molecule has 1 unspecified atom stereocenters. The Balaban J connectivity index is 2.09. The molecule has 0 radical (unpaired) electrons. The number of hydrogen-bond acceptors (Lipinski definition) is 8. The standard InChI is InChI=1S/C26H24IN3O5/c1-4-32-21-11-18(10-20(27)24(21)34-14-17-9-7-6-8-16(17)12-28)23-19(13-29)25(30)35-15(3)22(23)26(31)33-5-2/h6-11,23H,4-5,14,30H2,1-3H3. The molecule has 2 aromatic rings. The first-order valence-corrected chi connectivity index (χ1v) is 12.0. The third-order valence-corrected chi connectivity index (χ3v) is 6.08. The normalized spacial score (nSPS) is 15.1. The van der Waals surface area contributed by atoms with Crippen LogP contribution in [0.25, 0.3) is 0 Å². The zero-order valence-electron chi connectivity index (χ0n) is 19.6. The highest BCUT2D eigenvalue weighted by Crippen LogP contribution is 2.44. The molecular formula is C26H24IN3O5. The SMILES string of the molecule is CCOC(=O)C1=C(C)OC(N)=C(C#N)C1c1cc(I)c(OCc2ccccc2C#N)c(OCC)c1. The van der Waals surface area contributed by atoms with Crippen molar-refractivity contribution in [3.8, 4) is 23.6 Å². The second kappa shape index (κ2) is 11.6. The Morgan fingerprint density at radius 3 is 2.54 bits per heavy atom. The number of carbonyl (C=O) groups excluding carboxylic acids is 1. The molecule has 35 heavy (non-hydrogen) atoms. The predicted molar refractivity (Wildman–Crippen MR) is 136 cm³/mol. The maximum absolute atomic E-state index is 12.8. The highest BCUT2D eigenvalue weighted by atomic mass is 127. The highest BCUT2D eigenvalue weighted by molar-refractivity contribution is 14.1. The van der Waals surface area contributed by atoms with Crippen LogP contribution in [-0.2, 0) is 20.9 Å². The van der Waals surface area contributed by atoms with Gasteiger partial charge in [0.2, 0.25) is 5.88 Å². The lowest BCUT2D eigenvalue weighted by molar-refractivity contribution is -0.139. The topological polar surface area (TPSA) is 128 Å². The fourth-order valence-corrected chi connectivity index (χ4v) is 4.53. The molecule has 1 aliphatic heterocycles. The van der Waals surface area contributed by atoms with E-state index in [9.17, 15) is 15.3 Å². The molecule has 0 spiro atoms. The van der Waals surface area contributed by atoms with Gasteiger partial charge in [0.05, 0.1) is 39.9 Å². The van der Waals surface area contributed by atoms with Crippen molar-refractivity contribution in [2.45, 2.75) is 33.3 Å². The van der Waals surface area contributed by atoms with Crippen LogP contribution in [0.15, 0.2) is 59.2 Å². The number of nitrogens with zero attached hydrogens (tertiary/aromatic N) is 2. The Morgan fingerprint density at radius 2 is 1.89 bits per heavy atom. The second-order valence-electron chi connectivity index (χ2n) is 7.44. The first kappa shape index (κ1) is 25.9. The Hall–Kier alpha value is -3.70. The molecule has 8 nitrogen and oxygen atoms in total. The van der Waals surface area contributed by atoms with E-state index < -0.39 is 11.9 Å². The molecule has 1 heterocycles. The van der Waals surface area contributed by atoms with E-state index in [0.29, 0.717) is 32.8 Å². The minimum absolute atomic E-state index is 0.0653. The number of hydrogen-bond donors (Lipinski definition) is 1. The Bertz CT molecular complexity index is 1290. The molecule has 1 atom stereocenters. The summed E-state index contributed by atoms with van der Waals surface area (Å²) in [6, 6.07) is 15.0. The van der Waals surface area contributed by atoms with Crippen LogP contribution < -0.4 is 15.2 Å². The van der Waals surface area contributed by atoms with Gasteiger partial charge in [-0.1, -0.05) is 18.2 Å². The maximum Gasteiger partial charge on any atom is 0.338 e. The monoisotopic (exact) mass is 585 g/mol. The van der Waals surface area contributed by atoms with E-state index in [1.807, 2.05) is 25.1 Å². The molecule has 0 amide bonds. The van der Waals surface area contributed by atoms with Gasteiger partial charge in [-0.25, -0.2) is 4.79 Å². The summed E-state index contributed by atoms with van der Waals surface area (Å²) in [5.41, 5.74) is 8.19. The summed E-state index contributed by atoms with van der Waals surface area (Å²) in [5, 5.41) is 19.2. The van der Waals surface area contributed by atoms with E-state index in [4.69, 9.17) is 24.7 Å². The van der Waals surface area contributed by atoms with Gasteiger partial charge in [-0.05, 0) is 67.1 Å². The molecule has 0 saturated heterocycles. The number of benzene rings is 2. The summed E-state index contributed by atoms with van der Waals surface area (Å²) < 4.78 is 23.4. The molecule has 0 saturated carbocycles. The molecule has 0 fully saturated rings. The van der Waals surface area contributed by atoms with Crippen molar-refractivity contribution in [2.75, 3.05) is 13.2 Å². The second-order valence-corrected chi connectivity index (χ2v) is 8.60. The summed E-state index contributed by atoms with van der Waals surface area (Å²) in [5.74, 6) is -0.252. The van der Waals surface area contributed by atoms with Crippen molar-refractivity contribution in [3.63, 3.8) is 0 Å². The largest absolute Gasteiger partial charge is 0.490 e. The smallest absolute Gasteiger partial charge is 0.338 e. The zero-order valence-corrected chi connectivity index (χ0v) is 21.7. The lowest BCUT2D eigenvalue weighted by Crippen LogP contribution is -2.25. The first-order chi connectivity index (χ1) is 16.9. The number of rotatable bonds is 8. The number of halogens is 1. The molecule has 0 aliphatic carbocycles. The van der Waals surface area contributed by atoms with Crippen LogP contribution in [0, 0.1) is 26.2 Å². The molecule has 0 bridgehead atoms. The van der Waals surface area contributed by atoms with E-state index in [0.717, 1.165) is 5.56 Å². The van der Waals surface area contributed by atoms with Crippen LogP contribution in [0.1, 0.15) is 43.4 Å². The number of nitrogens with two attached hydrogens (primary N) is 1. The van der Waals surface area contributed by atoms with E-state index in [-0.39, 0.29) is 36.0 Å². The van der Waals surface area contributed by atoms with Gasteiger partial charge in [0, 0.05) is 5.56 Å². The summed E-state index contributed by atoms with van der Waals surface area (Å²) in [6.45, 7) is 5.85. The van der Waals surface area contributed by atoms with Crippen LogP contribution in [0.5, 0.6) is 11.5 Å². The van der Waals surface area contributed by atoms with Crippen molar-refractivity contribution in [1.29, 1.82) is 10.5 Å². The fourth-order valence-electron chi connectivity index (χ4n) is 3.75. The van der Waals surface area contributed by atoms with Crippen molar-refractivity contribution in [1.82, 2.24) is 0 Å². The average molecular weight is 585 g/mol. The number of nitriles is 2. The third-order valence-electron chi connectivity index (χ3n) is 5.28. The van der Waals surface area contributed by atoms with Gasteiger partial charge in [0.15, 0.2) is 11.5 Å². The van der Waals surface area contributed by atoms with Crippen LogP contribution in [0.3, 0.4) is 0 Å². The van der Waals surface area contributed by atoms with Crippen LogP contribution in [-0.4, -0.2) is 19.2 Å². The highest BCUT2D eigenvalue weighted by Gasteiger charge is 2.37. The van der Waals surface area contributed by atoms with Crippen molar-refractivity contribution in [2.24, 2.45) is 5.73 Å². The van der Waals surface area contributed by atoms with E-state index in [1.54, 1.807) is 32.0 Å². The summed E-state index contributed by atoms with van der Waals surface area (Å²) in [6.07, 6.45) is 0. The predicted octanol–water partition coefficient (Wildman–Crippen LogP) is 4.79. The lowest BCUT2D eigenvalue weighted by Gasteiger charge is -2.27. The molecule has 1 aliphatic rings. The van der Waals surface area contributed by atoms with Gasteiger partial charge in [0.1, 0.15) is 24.0 Å². The van der Waals surface area contributed by atoms with Crippen molar-refractivity contribution < 1.29 is 23.7 Å². The van der Waals surface area contributed by atoms with Gasteiger partial charge >= 0.3 is 5.97 Å². The Labute approximate surface area is 217 Å². The molecule has 0 aromatic heterocycles. The fraction of sp³-hybridized carbons (Fsp3) is 0.269. The van der Waals surface area contributed by atoms with Gasteiger partial charge in [-0.2, -0.15) is 10.5 Å². The van der Waals surface area contributed by atoms with E-state index in [2.05, 4.69) is 34.7 Å². The zero-order chi connectivity index (χ0) is 25.5. The quantitative estimate of drug-likeness (QED) is 0.346. The Morgan fingerprint density at radius 1 is 1.14 bits per heavy atom. The van der Waals surface area contributed by atoms with Gasteiger partial charge in [-0.15, -0.1) is 0 Å². The minimum atomic E-state index is -0.797. The van der Waals surface area contributed by atoms with Gasteiger partial charge in [0.25, 0.3) is 0 Å². The van der Waals surface area contributed by atoms with Crippen LogP contribution >= 0.6 is 22.6 Å². The average Bonchev–Trinajstić information content (AvgIpc) is 2.83.